The first-order valence-electron chi connectivity index (χ1n) is 8.69. The molecule has 0 bridgehead atoms. The maximum atomic E-state index is 12.2. The molecule has 1 heterocycles. The highest BCUT2D eigenvalue weighted by Gasteiger charge is 2.10. The van der Waals surface area contributed by atoms with Crippen molar-refractivity contribution in [3.63, 3.8) is 0 Å². The topological polar surface area (TPSA) is 53.9 Å². The van der Waals surface area contributed by atoms with E-state index in [0.717, 1.165) is 22.2 Å². The van der Waals surface area contributed by atoms with Crippen molar-refractivity contribution in [2.45, 2.75) is 19.3 Å². The van der Waals surface area contributed by atoms with E-state index in [4.69, 9.17) is 4.74 Å². The van der Waals surface area contributed by atoms with Crippen molar-refractivity contribution in [2.24, 2.45) is 5.10 Å². The summed E-state index contributed by atoms with van der Waals surface area (Å²) in [6.45, 7) is 2.26. The predicted octanol–water partition coefficient (Wildman–Crippen LogP) is 4.05. The largest absolute Gasteiger partial charge is 0.496 e. The SMILES string of the molecule is COc1cc(C(=O)N/N=C/c2ccc(N3CCCCC3)cc2)ccc1I. The first kappa shape index (κ1) is 18.7. The Morgan fingerprint density at radius 3 is 2.58 bits per heavy atom. The number of amides is 1. The maximum absolute atomic E-state index is 12.2. The zero-order valence-corrected chi connectivity index (χ0v) is 16.9. The van der Waals surface area contributed by atoms with E-state index in [9.17, 15) is 4.79 Å². The number of methoxy groups -OCH3 is 1. The molecule has 1 aliphatic heterocycles. The number of nitrogens with one attached hydrogen (secondary N) is 1. The lowest BCUT2D eigenvalue weighted by atomic mass is 10.1. The molecule has 0 radical (unpaired) electrons. The van der Waals surface area contributed by atoms with Gasteiger partial charge in [-0.3, -0.25) is 4.79 Å². The minimum absolute atomic E-state index is 0.263. The number of benzene rings is 2. The van der Waals surface area contributed by atoms with Crippen LogP contribution in [0.1, 0.15) is 35.2 Å². The number of hydrogen-bond donors (Lipinski definition) is 1. The molecule has 0 aromatic heterocycles. The number of piperidine rings is 1. The molecule has 0 unspecified atom stereocenters. The summed E-state index contributed by atoms with van der Waals surface area (Å²) in [7, 11) is 1.59. The molecule has 0 saturated carbocycles. The monoisotopic (exact) mass is 463 g/mol. The third-order valence-electron chi connectivity index (χ3n) is 4.41. The molecule has 3 rings (SSSR count). The molecule has 0 atom stereocenters. The van der Waals surface area contributed by atoms with Crippen LogP contribution in [0.15, 0.2) is 47.6 Å². The van der Waals surface area contributed by atoms with Crippen molar-refractivity contribution in [1.82, 2.24) is 5.43 Å². The Bertz CT molecular complexity index is 784. The Balaban J connectivity index is 1.58. The molecule has 6 heteroatoms. The highest BCUT2D eigenvalue weighted by Crippen LogP contribution is 2.22. The van der Waals surface area contributed by atoms with Gasteiger partial charge in [-0.25, -0.2) is 5.43 Å². The average Bonchev–Trinajstić information content (AvgIpc) is 2.69. The number of anilines is 1. The molecule has 2 aromatic rings. The van der Waals surface area contributed by atoms with Crippen LogP contribution in [0.4, 0.5) is 5.69 Å². The van der Waals surface area contributed by atoms with E-state index in [2.05, 4.69) is 50.2 Å². The fourth-order valence-corrected chi connectivity index (χ4v) is 3.51. The maximum Gasteiger partial charge on any atom is 0.271 e. The van der Waals surface area contributed by atoms with E-state index in [-0.39, 0.29) is 5.91 Å². The smallest absolute Gasteiger partial charge is 0.271 e. The van der Waals surface area contributed by atoms with Crippen LogP contribution >= 0.6 is 22.6 Å². The van der Waals surface area contributed by atoms with Gasteiger partial charge in [-0.05, 0) is 77.7 Å². The second-order valence-electron chi connectivity index (χ2n) is 6.19. The standard InChI is InChI=1S/C20H22IN3O2/c1-26-19-13-16(7-10-18(19)21)20(25)23-22-14-15-5-8-17(9-6-15)24-11-3-2-4-12-24/h5-10,13-14H,2-4,11-12H2,1H3,(H,23,25)/b22-14+. The zero-order chi connectivity index (χ0) is 18.4. The van der Waals surface area contributed by atoms with Crippen molar-refractivity contribution in [3.05, 3.63) is 57.2 Å². The fraction of sp³-hybridized carbons (Fsp3) is 0.300. The van der Waals surface area contributed by atoms with Crippen LogP contribution in [-0.2, 0) is 0 Å². The minimum atomic E-state index is -0.263. The van der Waals surface area contributed by atoms with Gasteiger partial charge in [-0.2, -0.15) is 5.10 Å². The molecule has 0 spiro atoms. The van der Waals surface area contributed by atoms with Crippen molar-refractivity contribution in [2.75, 3.05) is 25.1 Å². The summed E-state index contributed by atoms with van der Waals surface area (Å²) in [5.74, 6) is 0.413. The van der Waals surface area contributed by atoms with E-state index in [1.807, 2.05) is 18.2 Å². The van der Waals surface area contributed by atoms with Gasteiger partial charge in [0.2, 0.25) is 0 Å². The van der Waals surface area contributed by atoms with E-state index < -0.39 is 0 Å². The number of rotatable bonds is 5. The van der Waals surface area contributed by atoms with Crippen LogP contribution in [-0.4, -0.2) is 32.3 Å². The number of carbonyl (C=O) groups is 1. The fourth-order valence-electron chi connectivity index (χ4n) is 2.95. The molecule has 26 heavy (non-hydrogen) atoms. The van der Waals surface area contributed by atoms with Crippen LogP contribution in [0.3, 0.4) is 0 Å². The van der Waals surface area contributed by atoms with Crippen molar-refractivity contribution < 1.29 is 9.53 Å². The van der Waals surface area contributed by atoms with Crippen LogP contribution in [0.5, 0.6) is 5.75 Å². The van der Waals surface area contributed by atoms with E-state index in [0.29, 0.717) is 11.3 Å². The van der Waals surface area contributed by atoms with Crippen molar-refractivity contribution in [3.8, 4) is 5.75 Å². The summed E-state index contributed by atoms with van der Waals surface area (Å²) in [5.41, 5.74) is 5.27. The third kappa shape index (κ3) is 4.75. The lowest BCUT2D eigenvalue weighted by molar-refractivity contribution is 0.0954. The first-order valence-corrected chi connectivity index (χ1v) is 9.77. The second kappa shape index (κ2) is 9.02. The van der Waals surface area contributed by atoms with Gasteiger partial charge >= 0.3 is 0 Å². The third-order valence-corrected chi connectivity index (χ3v) is 5.30. The van der Waals surface area contributed by atoms with Gasteiger partial charge in [0.1, 0.15) is 5.75 Å². The van der Waals surface area contributed by atoms with Crippen LogP contribution < -0.4 is 15.1 Å². The Kier molecular flexibility index (Phi) is 6.49. The molecule has 1 amide bonds. The van der Waals surface area contributed by atoms with E-state index >= 15 is 0 Å². The lowest BCUT2D eigenvalue weighted by Gasteiger charge is -2.28. The summed E-state index contributed by atoms with van der Waals surface area (Å²) in [5, 5.41) is 4.06. The summed E-state index contributed by atoms with van der Waals surface area (Å²) in [6, 6.07) is 13.6. The Labute approximate surface area is 167 Å². The Hall–Kier alpha value is -2.09. The zero-order valence-electron chi connectivity index (χ0n) is 14.7. The molecule has 0 aliphatic carbocycles. The number of halogens is 1. The lowest BCUT2D eigenvalue weighted by Crippen LogP contribution is -2.29. The molecule has 1 saturated heterocycles. The van der Waals surface area contributed by atoms with Gasteiger partial charge in [0.25, 0.3) is 5.91 Å². The van der Waals surface area contributed by atoms with Gasteiger partial charge in [-0.15, -0.1) is 0 Å². The molecule has 136 valence electrons. The number of hydrogen-bond acceptors (Lipinski definition) is 4. The van der Waals surface area contributed by atoms with Gasteiger partial charge in [0.15, 0.2) is 0 Å². The quantitative estimate of drug-likeness (QED) is 0.414. The first-order chi connectivity index (χ1) is 12.7. The van der Waals surface area contributed by atoms with Gasteiger partial charge in [0.05, 0.1) is 16.9 Å². The molecule has 2 aromatic carbocycles. The number of nitrogens with zero attached hydrogens (tertiary/aromatic N) is 2. The van der Waals surface area contributed by atoms with Crippen molar-refractivity contribution in [1.29, 1.82) is 0 Å². The number of ether oxygens (including phenoxy) is 1. The van der Waals surface area contributed by atoms with Gasteiger partial charge in [0, 0.05) is 24.3 Å². The summed E-state index contributed by atoms with van der Waals surface area (Å²) >= 11 is 2.17. The number of carbonyl (C=O) groups excluding carboxylic acids is 1. The summed E-state index contributed by atoms with van der Waals surface area (Å²) in [6.07, 6.45) is 5.51. The van der Waals surface area contributed by atoms with Gasteiger partial charge < -0.3 is 9.64 Å². The van der Waals surface area contributed by atoms with Crippen LogP contribution in [0.2, 0.25) is 0 Å². The van der Waals surface area contributed by atoms with Crippen LogP contribution in [0.25, 0.3) is 0 Å². The highest BCUT2D eigenvalue weighted by atomic mass is 127. The summed E-state index contributed by atoms with van der Waals surface area (Å²) in [4.78, 5) is 14.6. The summed E-state index contributed by atoms with van der Waals surface area (Å²) < 4.78 is 6.20. The molecule has 1 fully saturated rings. The Morgan fingerprint density at radius 2 is 1.88 bits per heavy atom. The predicted molar refractivity (Wildman–Crippen MR) is 113 cm³/mol. The molecular weight excluding hydrogens is 441 g/mol. The van der Waals surface area contributed by atoms with Crippen LogP contribution in [0, 0.1) is 3.57 Å². The van der Waals surface area contributed by atoms with Crippen molar-refractivity contribution >= 4 is 40.4 Å². The average molecular weight is 463 g/mol. The molecule has 1 N–H and O–H groups in total. The van der Waals surface area contributed by atoms with E-state index in [1.54, 1.807) is 25.5 Å². The van der Waals surface area contributed by atoms with E-state index in [1.165, 1.54) is 24.9 Å². The normalized spacial score (nSPS) is 14.5. The highest BCUT2D eigenvalue weighted by molar-refractivity contribution is 14.1. The molecular formula is C20H22IN3O2. The minimum Gasteiger partial charge on any atom is -0.496 e. The molecule has 5 nitrogen and oxygen atoms in total. The number of hydrazone groups is 1. The second-order valence-corrected chi connectivity index (χ2v) is 7.35. The Morgan fingerprint density at radius 1 is 1.15 bits per heavy atom. The molecule has 1 aliphatic rings. The van der Waals surface area contributed by atoms with Gasteiger partial charge in [-0.1, -0.05) is 12.1 Å².